The molecule has 0 spiro atoms. The molecule has 1 atom stereocenters. The van der Waals surface area contributed by atoms with Crippen LogP contribution < -0.4 is 19.5 Å². The number of amides is 1. The lowest BCUT2D eigenvalue weighted by Gasteiger charge is -2.26. The molecule has 4 rings (SSSR count). The zero-order valence-electron chi connectivity index (χ0n) is 14.9. The first-order valence-electron chi connectivity index (χ1n) is 9.14. The summed E-state index contributed by atoms with van der Waals surface area (Å²) in [5.74, 6) is 1.81. The number of hydrogen-bond acceptors (Lipinski definition) is 5. The van der Waals surface area contributed by atoms with Crippen molar-refractivity contribution in [3.63, 3.8) is 0 Å². The number of carbonyl (C=O) groups excluding carboxylic acids is 2. The lowest BCUT2D eigenvalue weighted by molar-refractivity contribution is -0.122. The van der Waals surface area contributed by atoms with Gasteiger partial charge in [0.15, 0.2) is 17.3 Å². The smallest absolute Gasteiger partial charge is 0.220 e. The van der Waals surface area contributed by atoms with E-state index in [0.29, 0.717) is 36.9 Å². The summed E-state index contributed by atoms with van der Waals surface area (Å²) >= 11 is 0. The minimum absolute atomic E-state index is 0.0770. The van der Waals surface area contributed by atoms with E-state index in [0.717, 1.165) is 17.7 Å². The van der Waals surface area contributed by atoms with Gasteiger partial charge in [0.1, 0.15) is 19.0 Å². The maximum absolute atomic E-state index is 12.4. The lowest BCUT2D eigenvalue weighted by Crippen LogP contribution is -2.32. The molecule has 6 nitrogen and oxygen atoms in total. The molecule has 0 fully saturated rings. The molecule has 6 heteroatoms. The van der Waals surface area contributed by atoms with E-state index >= 15 is 0 Å². The van der Waals surface area contributed by atoms with E-state index in [1.807, 2.05) is 24.3 Å². The maximum atomic E-state index is 12.4. The topological polar surface area (TPSA) is 73.9 Å². The van der Waals surface area contributed by atoms with Gasteiger partial charge in [-0.05, 0) is 24.3 Å². The Morgan fingerprint density at radius 1 is 0.889 bits per heavy atom. The second-order valence-electron chi connectivity index (χ2n) is 6.58. The fourth-order valence-electron chi connectivity index (χ4n) is 3.35. The van der Waals surface area contributed by atoms with Crippen molar-refractivity contribution in [2.75, 3.05) is 19.8 Å². The van der Waals surface area contributed by atoms with Crippen LogP contribution in [0.3, 0.4) is 0 Å². The molecular weight excluding hydrogens is 346 g/mol. The predicted octanol–water partition coefficient (Wildman–Crippen LogP) is 3.06. The first-order valence-corrected chi connectivity index (χ1v) is 9.14. The van der Waals surface area contributed by atoms with E-state index < -0.39 is 0 Å². The number of carbonyl (C=O) groups is 2. The van der Waals surface area contributed by atoms with Crippen LogP contribution in [0, 0.1) is 0 Å². The van der Waals surface area contributed by atoms with Crippen molar-refractivity contribution in [2.24, 2.45) is 0 Å². The number of para-hydroxylation sites is 1. The van der Waals surface area contributed by atoms with Gasteiger partial charge in [0.25, 0.3) is 0 Å². The molecular formula is C21H21NO5. The Hall–Kier alpha value is -3.02. The monoisotopic (exact) mass is 367 g/mol. The minimum atomic E-state index is -0.136. The fourth-order valence-corrected chi connectivity index (χ4v) is 3.35. The van der Waals surface area contributed by atoms with Crippen LogP contribution in [0.25, 0.3) is 0 Å². The quantitative estimate of drug-likeness (QED) is 0.822. The lowest BCUT2D eigenvalue weighted by atomic mass is 10.00. The molecule has 1 unspecified atom stereocenters. The Kier molecular flexibility index (Phi) is 4.96. The van der Waals surface area contributed by atoms with E-state index in [4.69, 9.17) is 14.2 Å². The van der Waals surface area contributed by atoms with Crippen molar-refractivity contribution >= 4 is 11.7 Å². The van der Waals surface area contributed by atoms with E-state index in [-0.39, 0.29) is 30.6 Å². The molecule has 27 heavy (non-hydrogen) atoms. The van der Waals surface area contributed by atoms with Gasteiger partial charge in [-0.1, -0.05) is 18.2 Å². The van der Waals surface area contributed by atoms with Crippen molar-refractivity contribution < 1.29 is 23.8 Å². The number of hydrogen-bond donors (Lipinski definition) is 1. The van der Waals surface area contributed by atoms with Crippen LogP contribution in [-0.2, 0) is 4.79 Å². The van der Waals surface area contributed by atoms with Crippen LogP contribution in [0.2, 0.25) is 0 Å². The number of benzene rings is 2. The van der Waals surface area contributed by atoms with E-state index in [1.165, 1.54) is 0 Å². The van der Waals surface area contributed by atoms with Gasteiger partial charge in [0, 0.05) is 30.4 Å². The average molecular weight is 367 g/mol. The molecule has 2 aliphatic rings. The van der Waals surface area contributed by atoms with Crippen molar-refractivity contribution in [1.29, 1.82) is 0 Å². The first kappa shape index (κ1) is 17.4. The minimum Gasteiger partial charge on any atom is -0.493 e. The highest BCUT2D eigenvalue weighted by atomic mass is 16.6. The molecule has 2 heterocycles. The van der Waals surface area contributed by atoms with Gasteiger partial charge in [0.2, 0.25) is 5.91 Å². The Bertz CT molecular complexity index is 863. The van der Waals surface area contributed by atoms with E-state index in [9.17, 15) is 9.59 Å². The molecule has 2 aliphatic heterocycles. The largest absolute Gasteiger partial charge is 0.493 e. The predicted molar refractivity (Wildman–Crippen MR) is 98.4 cm³/mol. The summed E-state index contributed by atoms with van der Waals surface area (Å²) in [4.78, 5) is 24.8. The standard InChI is InChI=1S/C21H21NO5/c23-17(14-5-7-19-20(13-14)27-12-11-26-19)6-8-21(24)22-16-9-10-25-18-4-2-1-3-15(16)18/h1-5,7,13,16H,6,8-12H2,(H,22,24). The summed E-state index contributed by atoms with van der Waals surface area (Å²) < 4.78 is 16.6. The number of ether oxygens (including phenoxy) is 3. The molecule has 140 valence electrons. The molecule has 0 bridgehead atoms. The second-order valence-corrected chi connectivity index (χ2v) is 6.58. The third-order valence-electron chi connectivity index (χ3n) is 4.74. The molecule has 0 saturated heterocycles. The number of fused-ring (bicyclic) bond motifs is 2. The first-order chi connectivity index (χ1) is 13.2. The van der Waals surface area contributed by atoms with Crippen LogP contribution >= 0.6 is 0 Å². The summed E-state index contributed by atoms with van der Waals surface area (Å²) in [7, 11) is 0. The van der Waals surface area contributed by atoms with Crippen LogP contribution in [0.15, 0.2) is 42.5 Å². The SMILES string of the molecule is O=C(CCC(=O)c1ccc2c(c1)OCCO2)NC1CCOc2ccccc21. The molecule has 0 aromatic heterocycles. The molecule has 0 saturated carbocycles. The van der Waals surface area contributed by atoms with Crippen molar-refractivity contribution in [1.82, 2.24) is 5.32 Å². The number of ketones is 1. The summed E-state index contributed by atoms with van der Waals surface area (Å²) in [6.07, 6.45) is 1.02. The number of nitrogens with one attached hydrogen (secondary N) is 1. The number of Topliss-reactive ketones (excluding diaryl/α,β-unsaturated/α-hetero) is 1. The third-order valence-corrected chi connectivity index (χ3v) is 4.74. The molecule has 1 N–H and O–H groups in total. The van der Waals surface area contributed by atoms with Gasteiger partial charge >= 0.3 is 0 Å². The Labute approximate surface area is 157 Å². The fraction of sp³-hybridized carbons (Fsp3) is 0.333. The normalized spacial score (nSPS) is 17.4. The third kappa shape index (κ3) is 3.89. The van der Waals surface area contributed by atoms with Crippen LogP contribution in [0.5, 0.6) is 17.2 Å². The molecule has 0 aliphatic carbocycles. The highest BCUT2D eigenvalue weighted by molar-refractivity contribution is 5.98. The summed E-state index contributed by atoms with van der Waals surface area (Å²) in [5.41, 5.74) is 1.51. The zero-order valence-corrected chi connectivity index (χ0v) is 14.9. The number of rotatable bonds is 5. The highest BCUT2D eigenvalue weighted by Gasteiger charge is 2.23. The van der Waals surface area contributed by atoms with E-state index in [2.05, 4.69) is 5.32 Å². The summed E-state index contributed by atoms with van der Waals surface area (Å²) in [6, 6.07) is 12.8. The van der Waals surface area contributed by atoms with Crippen molar-refractivity contribution in [2.45, 2.75) is 25.3 Å². The van der Waals surface area contributed by atoms with Crippen LogP contribution in [-0.4, -0.2) is 31.5 Å². The van der Waals surface area contributed by atoms with E-state index in [1.54, 1.807) is 18.2 Å². The zero-order chi connectivity index (χ0) is 18.6. The highest BCUT2D eigenvalue weighted by Crippen LogP contribution is 2.32. The van der Waals surface area contributed by atoms with Gasteiger partial charge in [0.05, 0.1) is 12.6 Å². The maximum Gasteiger partial charge on any atom is 0.220 e. The van der Waals surface area contributed by atoms with Crippen LogP contribution in [0.4, 0.5) is 0 Å². The van der Waals surface area contributed by atoms with Gasteiger partial charge in [-0.2, -0.15) is 0 Å². The van der Waals surface area contributed by atoms with Crippen LogP contribution in [0.1, 0.15) is 41.2 Å². The second kappa shape index (κ2) is 7.70. The van der Waals surface area contributed by atoms with Crippen molar-refractivity contribution in [3.05, 3.63) is 53.6 Å². The van der Waals surface area contributed by atoms with Gasteiger partial charge in [-0.3, -0.25) is 9.59 Å². The van der Waals surface area contributed by atoms with Gasteiger partial charge in [-0.25, -0.2) is 0 Å². The summed E-state index contributed by atoms with van der Waals surface area (Å²) in [6.45, 7) is 1.55. The average Bonchev–Trinajstić information content (AvgIpc) is 2.72. The van der Waals surface area contributed by atoms with Gasteiger partial charge < -0.3 is 19.5 Å². The molecule has 1 amide bonds. The molecule has 2 aromatic rings. The van der Waals surface area contributed by atoms with Gasteiger partial charge in [-0.15, -0.1) is 0 Å². The molecule has 2 aromatic carbocycles. The Morgan fingerprint density at radius 3 is 2.56 bits per heavy atom. The summed E-state index contributed by atoms with van der Waals surface area (Å²) in [5, 5.41) is 3.02. The Morgan fingerprint density at radius 2 is 1.67 bits per heavy atom. The molecule has 0 radical (unpaired) electrons. The Balaban J connectivity index is 1.34. The van der Waals surface area contributed by atoms with Crippen molar-refractivity contribution in [3.8, 4) is 17.2 Å².